The first-order chi connectivity index (χ1) is 14.8. The van der Waals surface area contributed by atoms with Gasteiger partial charge in [0.2, 0.25) is 0 Å². The zero-order valence-corrected chi connectivity index (χ0v) is 17.3. The van der Waals surface area contributed by atoms with Gasteiger partial charge in [0.05, 0.1) is 11.3 Å². The second-order valence-electron chi connectivity index (χ2n) is 7.54. The van der Waals surface area contributed by atoms with E-state index < -0.39 is 11.7 Å². The lowest BCUT2D eigenvalue weighted by atomic mass is 10.0. The quantitative estimate of drug-likeness (QED) is 0.619. The number of aromatic nitrogens is 2. The van der Waals surface area contributed by atoms with Crippen molar-refractivity contribution < 1.29 is 13.2 Å². The van der Waals surface area contributed by atoms with Crippen molar-refractivity contribution >= 4 is 23.3 Å². The highest BCUT2D eigenvalue weighted by Crippen LogP contribution is 2.36. The highest BCUT2D eigenvalue weighted by Gasteiger charge is 2.35. The molecule has 9 heteroatoms. The lowest BCUT2D eigenvalue weighted by molar-refractivity contribution is -0.137. The Bertz CT molecular complexity index is 1020. The Hall–Kier alpha value is -3.10. The Morgan fingerprint density at radius 2 is 2.10 bits per heavy atom. The lowest BCUT2D eigenvalue weighted by Gasteiger charge is -2.17. The largest absolute Gasteiger partial charge is 0.417 e. The molecule has 2 heterocycles. The number of hydrogen-bond donors (Lipinski definition) is 2. The fourth-order valence-electron chi connectivity index (χ4n) is 3.64. The van der Waals surface area contributed by atoms with Gasteiger partial charge in [0.15, 0.2) is 0 Å². The van der Waals surface area contributed by atoms with E-state index in [0.717, 1.165) is 44.4 Å². The van der Waals surface area contributed by atoms with Crippen LogP contribution in [0.25, 0.3) is 5.57 Å². The van der Waals surface area contributed by atoms with Gasteiger partial charge in [-0.15, -0.1) is 0 Å². The number of hydrogen-bond acceptors (Lipinski definition) is 5. The molecule has 6 nitrogen and oxygen atoms in total. The average molecular weight is 433 g/mol. The van der Waals surface area contributed by atoms with Crippen molar-refractivity contribution in [2.75, 3.05) is 5.32 Å². The number of anilines is 1. The van der Waals surface area contributed by atoms with E-state index >= 15 is 0 Å². The number of aliphatic imine (C=N–C) groups is 1. The van der Waals surface area contributed by atoms with Crippen LogP contribution < -0.4 is 16.6 Å². The molecular formula is C22H26F3N5O. The van der Waals surface area contributed by atoms with Gasteiger partial charge in [-0.25, -0.2) is 4.98 Å². The summed E-state index contributed by atoms with van der Waals surface area (Å²) in [6.07, 6.45) is 5.21. The second kappa shape index (κ2) is 9.80. The summed E-state index contributed by atoms with van der Waals surface area (Å²) in [5.74, 6) is 0.197. The van der Waals surface area contributed by atoms with Gasteiger partial charge in [-0.3, -0.25) is 9.79 Å². The van der Waals surface area contributed by atoms with Crippen LogP contribution in [0.4, 0.5) is 24.7 Å². The third-order valence-corrected chi connectivity index (χ3v) is 5.19. The molecule has 0 aromatic carbocycles. The van der Waals surface area contributed by atoms with Crippen LogP contribution in [0, 0.1) is 0 Å². The predicted molar refractivity (Wildman–Crippen MR) is 116 cm³/mol. The van der Waals surface area contributed by atoms with E-state index in [1.54, 1.807) is 6.20 Å². The smallest absolute Gasteiger partial charge is 0.404 e. The molecule has 0 amide bonds. The van der Waals surface area contributed by atoms with Gasteiger partial charge in [0.1, 0.15) is 5.82 Å². The van der Waals surface area contributed by atoms with Crippen molar-refractivity contribution in [3.8, 4) is 0 Å². The first-order valence-electron chi connectivity index (χ1n) is 10.3. The van der Waals surface area contributed by atoms with Gasteiger partial charge in [-0.1, -0.05) is 19.8 Å². The number of nitrogens with two attached hydrogens (primary N) is 1. The van der Waals surface area contributed by atoms with E-state index in [0.29, 0.717) is 12.2 Å². The summed E-state index contributed by atoms with van der Waals surface area (Å²) in [6.45, 7) is 2.47. The summed E-state index contributed by atoms with van der Waals surface area (Å²) in [7, 11) is 0. The molecule has 0 bridgehead atoms. The zero-order valence-electron chi connectivity index (χ0n) is 17.3. The molecule has 0 unspecified atom stereocenters. The van der Waals surface area contributed by atoms with Crippen molar-refractivity contribution in [1.82, 2.24) is 9.55 Å². The third kappa shape index (κ3) is 5.74. The Balaban J connectivity index is 1.90. The Morgan fingerprint density at radius 3 is 2.74 bits per heavy atom. The minimum absolute atomic E-state index is 0.0838. The van der Waals surface area contributed by atoms with Crippen molar-refractivity contribution in [3.05, 3.63) is 58.3 Å². The van der Waals surface area contributed by atoms with Crippen LogP contribution in [0.2, 0.25) is 0 Å². The van der Waals surface area contributed by atoms with Gasteiger partial charge in [-0.2, -0.15) is 13.2 Å². The summed E-state index contributed by atoms with van der Waals surface area (Å²) in [6, 6.07) is 4.05. The maximum Gasteiger partial charge on any atom is 0.417 e. The summed E-state index contributed by atoms with van der Waals surface area (Å²) < 4.78 is 42.8. The molecule has 3 rings (SSSR count). The summed E-state index contributed by atoms with van der Waals surface area (Å²) >= 11 is 0. The van der Waals surface area contributed by atoms with Crippen LogP contribution in [0.15, 0.2) is 46.6 Å². The van der Waals surface area contributed by atoms with Crippen LogP contribution in [0.1, 0.15) is 50.2 Å². The number of halogens is 3. The Kier molecular flexibility index (Phi) is 7.14. The lowest BCUT2D eigenvalue weighted by Crippen LogP contribution is -2.18. The third-order valence-electron chi connectivity index (χ3n) is 5.19. The molecule has 1 saturated carbocycles. The number of alkyl halides is 3. The van der Waals surface area contributed by atoms with E-state index in [-0.39, 0.29) is 28.6 Å². The molecule has 0 atom stereocenters. The molecule has 2 aromatic heterocycles. The van der Waals surface area contributed by atoms with E-state index in [2.05, 4.69) is 15.3 Å². The Labute approximate surface area is 178 Å². The molecule has 0 radical (unpaired) electrons. The van der Waals surface area contributed by atoms with Crippen LogP contribution >= 0.6 is 0 Å². The minimum Gasteiger partial charge on any atom is -0.404 e. The summed E-state index contributed by atoms with van der Waals surface area (Å²) in [5, 5.41) is 3.09. The molecule has 1 aliphatic carbocycles. The van der Waals surface area contributed by atoms with Crippen LogP contribution in [-0.4, -0.2) is 21.8 Å². The van der Waals surface area contributed by atoms with E-state index in [4.69, 9.17) is 5.73 Å². The van der Waals surface area contributed by atoms with E-state index in [1.807, 2.05) is 6.92 Å². The standard InChI is InChI=1S/C22H26F3N5O/c1-2-9-30-14-17(7-8-21(30)31)27-12-15(11-26)18-13-28-20(10-19(18)22(23,24)25)29-16-5-3-4-6-16/h7-8,10-14,16H,2-6,9,26H2,1H3,(H,28,29)/b15-11+,27-12?. The molecular weight excluding hydrogens is 407 g/mol. The summed E-state index contributed by atoms with van der Waals surface area (Å²) in [4.78, 5) is 20.2. The highest BCUT2D eigenvalue weighted by atomic mass is 19.4. The second-order valence-corrected chi connectivity index (χ2v) is 7.54. The number of nitrogens with zero attached hydrogens (tertiary/aromatic N) is 3. The van der Waals surface area contributed by atoms with Gasteiger partial charge < -0.3 is 15.6 Å². The molecule has 31 heavy (non-hydrogen) atoms. The van der Waals surface area contributed by atoms with E-state index in [1.165, 1.54) is 29.1 Å². The molecule has 2 aromatic rings. The number of aryl methyl sites for hydroxylation is 1. The van der Waals surface area contributed by atoms with Gasteiger partial charge >= 0.3 is 6.18 Å². The molecule has 166 valence electrons. The molecule has 0 aliphatic heterocycles. The van der Waals surface area contributed by atoms with Crippen molar-refractivity contribution in [1.29, 1.82) is 0 Å². The SMILES string of the molecule is CCCn1cc(N=C/C(=C\N)c2cnc(NC3CCCC3)cc2C(F)(F)F)ccc1=O. The molecule has 3 N–H and O–H groups in total. The normalized spacial score (nSPS) is 15.7. The Morgan fingerprint density at radius 1 is 1.35 bits per heavy atom. The van der Waals surface area contributed by atoms with Crippen molar-refractivity contribution in [2.24, 2.45) is 10.7 Å². The van der Waals surface area contributed by atoms with Crippen molar-refractivity contribution in [2.45, 2.75) is 57.8 Å². The predicted octanol–water partition coefficient (Wildman–Crippen LogP) is 4.73. The molecule has 1 fully saturated rings. The average Bonchev–Trinajstić information content (AvgIpc) is 3.24. The first-order valence-corrected chi connectivity index (χ1v) is 10.3. The maximum atomic E-state index is 13.8. The molecule has 1 aliphatic rings. The van der Waals surface area contributed by atoms with Gasteiger partial charge in [0.25, 0.3) is 5.56 Å². The summed E-state index contributed by atoms with van der Waals surface area (Å²) in [5.41, 5.74) is 5.01. The van der Waals surface area contributed by atoms with E-state index in [9.17, 15) is 18.0 Å². The first kappa shape index (κ1) is 22.6. The maximum absolute atomic E-state index is 13.8. The number of pyridine rings is 2. The highest BCUT2D eigenvalue weighted by molar-refractivity contribution is 6.11. The van der Waals surface area contributed by atoms with Crippen LogP contribution in [0.5, 0.6) is 0 Å². The fraction of sp³-hybridized carbons (Fsp3) is 0.409. The molecule has 0 spiro atoms. The van der Waals surface area contributed by atoms with Gasteiger partial charge in [-0.05, 0) is 31.4 Å². The molecule has 0 saturated heterocycles. The number of nitrogens with one attached hydrogen (secondary N) is 1. The number of rotatable bonds is 7. The topological polar surface area (TPSA) is 85.3 Å². The van der Waals surface area contributed by atoms with Gasteiger partial charge in [0, 0.05) is 54.6 Å². The van der Waals surface area contributed by atoms with Crippen molar-refractivity contribution in [3.63, 3.8) is 0 Å². The number of allylic oxidation sites excluding steroid dienone is 1. The van der Waals surface area contributed by atoms with Crippen LogP contribution in [0.3, 0.4) is 0 Å². The monoisotopic (exact) mass is 433 g/mol. The minimum atomic E-state index is -4.58. The fourth-order valence-corrected chi connectivity index (χ4v) is 3.64. The zero-order chi connectivity index (χ0) is 22.4. The van der Waals surface area contributed by atoms with Crippen LogP contribution in [-0.2, 0) is 12.7 Å².